The zero-order chi connectivity index (χ0) is 24.8. The van der Waals surface area contributed by atoms with Crippen molar-refractivity contribution in [1.82, 2.24) is 5.32 Å². The largest absolute Gasteiger partial charge is 0.362 e. The summed E-state index contributed by atoms with van der Waals surface area (Å²) in [5, 5.41) is 2.74. The van der Waals surface area contributed by atoms with E-state index in [1.165, 1.54) is 16.2 Å². The maximum Gasteiger partial charge on any atom is 0.270 e. The molecule has 176 valence electrons. The van der Waals surface area contributed by atoms with Crippen molar-refractivity contribution in [1.29, 1.82) is 0 Å². The van der Waals surface area contributed by atoms with Crippen molar-refractivity contribution >= 4 is 68.1 Å². The van der Waals surface area contributed by atoms with Gasteiger partial charge in [0, 0.05) is 22.3 Å². The normalized spacial score (nSPS) is 18.7. The summed E-state index contributed by atoms with van der Waals surface area (Å²) < 4.78 is 0.889. The molecule has 2 aromatic rings. The molecule has 4 rings (SSSR count). The van der Waals surface area contributed by atoms with Gasteiger partial charge in [0.15, 0.2) is 5.11 Å². The van der Waals surface area contributed by atoms with Crippen molar-refractivity contribution in [3.63, 3.8) is 0 Å². The van der Waals surface area contributed by atoms with E-state index in [0.717, 1.165) is 34.1 Å². The Morgan fingerprint density at radius 2 is 1.79 bits per heavy atom. The van der Waals surface area contributed by atoms with E-state index in [2.05, 4.69) is 72.1 Å². The second-order valence-electron chi connectivity index (χ2n) is 9.29. The summed E-state index contributed by atoms with van der Waals surface area (Å²) in [7, 11) is 0. The Hall–Kier alpha value is -2.77. The highest BCUT2D eigenvalue weighted by molar-refractivity contribution is 9.10. The van der Waals surface area contributed by atoms with Crippen LogP contribution in [0.4, 0.5) is 11.4 Å². The summed E-state index contributed by atoms with van der Waals surface area (Å²) in [6.45, 7) is 11.7. The van der Waals surface area contributed by atoms with E-state index in [1.54, 1.807) is 18.2 Å². The lowest BCUT2D eigenvalue weighted by Crippen LogP contribution is -2.54. The van der Waals surface area contributed by atoms with Gasteiger partial charge in [-0.3, -0.25) is 19.8 Å². The quantitative estimate of drug-likeness (QED) is 0.295. The molecule has 1 fully saturated rings. The van der Waals surface area contributed by atoms with E-state index < -0.39 is 11.8 Å². The van der Waals surface area contributed by atoms with E-state index in [1.807, 2.05) is 19.1 Å². The van der Waals surface area contributed by atoms with Crippen LogP contribution in [-0.4, -0.2) is 29.0 Å². The number of anilines is 2. The highest BCUT2D eigenvalue weighted by Crippen LogP contribution is 2.41. The van der Waals surface area contributed by atoms with Gasteiger partial charge in [0.25, 0.3) is 11.8 Å². The summed E-state index contributed by atoms with van der Waals surface area (Å²) in [5.41, 5.74) is 5.90. The number of aryl methyl sites for hydroxylation is 1. The van der Waals surface area contributed by atoms with Gasteiger partial charge in [0.05, 0.1) is 11.2 Å². The van der Waals surface area contributed by atoms with Crippen LogP contribution < -0.4 is 15.1 Å². The molecule has 7 heteroatoms. The molecule has 5 nitrogen and oxygen atoms in total. The van der Waals surface area contributed by atoms with Crippen LogP contribution in [0.2, 0.25) is 0 Å². The Morgan fingerprint density at radius 1 is 1.12 bits per heavy atom. The van der Waals surface area contributed by atoms with Crippen LogP contribution >= 0.6 is 28.1 Å². The third-order valence-electron chi connectivity index (χ3n) is 6.30. The van der Waals surface area contributed by atoms with Gasteiger partial charge in [-0.1, -0.05) is 28.9 Å². The number of thiocarbonyl (C=S) groups is 1. The summed E-state index contributed by atoms with van der Waals surface area (Å²) in [4.78, 5) is 30.0. The van der Waals surface area contributed by atoms with Crippen LogP contribution in [0, 0.1) is 6.92 Å². The molecule has 2 amide bonds. The number of nitrogens with zero attached hydrogens (tertiary/aromatic N) is 2. The van der Waals surface area contributed by atoms with Crippen molar-refractivity contribution in [3.8, 4) is 0 Å². The first kappa shape index (κ1) is 24.4. The summed E-state index contributed by atoms with van der Waals surface area (Å²) >= 11 is 8.72. The number of carbonyl (C=O) groups is 2. The van der Waals surface area contributed by atoms with Gasteiger partial charge in [-0.25, -0.2) is 0 Å². The number of amides is 2. The summed E-state index contributed by atoms with van der Waals surface area (Å²) in [6.07, 6.45) is 5.00. The lowest BCUT2D eigenvalue weighted by atomic mass is 9.86. The SMILES string of the molecule is CCCN1c2cc(C)c(/C=C3/C(=O)NC(=S)N(c4ccc(Br)cc4)C3=O)cc2C(C)=CC1(C)C. The number of benzene rings is 2. The average molecular weight is 539 g/mol. The molecule has 0 saturated carbocycles. The Bertz CT molecular complexity index is 1260. The molecule has 0 unspecified atom stereocenters. The smallest absolute Gasteiger partial charge is 0.270 e. The van der Waals surface area contributed by atoms with Crippen LogP contribution in [-0.2, 0) is 9.59 Å². The van der Waals surface area contributed by atoms with Crippen LogP contribution in [0.15, 0.2) is 52.5 Å². The molecule has 0 radical (unpaired) electrons. The predicted octanol–water partition coefficient (Wildman–Crippen LogP) is 6.00. The molecule has 34 heavy (non-hydrogen) atoms. The molecule has 0 spiro atoms. The van der Waals surface area contributed by atoms with Gasteiger partial charge in [-0.05, 0) is 106 Å². The molecule has 0 aromatic heterocycles. The molecule has 0 aliphatic carbocycles. The number of hydrogen-bond donors (Lipinski definition) is 1. The zero-order valence-electron chi connectivity index (χ0n) is 20.0. The maximum atomic E-state index is 13.4. The van der Waals surface area contributed by atoms with Gasteiger partial charge in [-0.15, -0.1) is 0 Å². The Morgan fingerprint density at radius 3 is 2.44 bits per heavy atom. The number of fused-ring (bicyclic) bond motifs is 1. The van der Waals surface area contributed by atoms with Crippen LogP contribution in [0.3, 0.4) is 0 Å². The van der Waals surface area contributed by atoms with E-state index in [-0.39, 0.29) is 16.2 Å². The number of carbonyl (C=O) groups excluding carboxylic acids is 2. The fraction of sp³-hybridized carbons (Fsp3) is 0.296. The second kappa shape index (κ2) is 9.12. The van der Waals surface area contributed by atoms with E-state index in [9.17, 15) is 9.59 Å². The first-order chi connectivity index (χ1) is 16.0. The lowest BCUT2D eigenvalue weighted by Gasteiger charge is -2.43. The highest BCUT2D eigenvalue weighted by atomic mass is 79.9. The first-order valence-corrected chi connectivity index (χ1v) is 12.5. The van der Waals surface area contributed by atoms with Crippen LogP contribution in [0.25, 0.3) is 11.6 Å². The van der Waals surface area contributed by atoms with Crippen molar-refractivity contribution in [2.45, 2.75) is 46.6 Å². The third kappa shape index (κ3) is 4.34. The minimum Gasteiger partial charge on any atom is -0.362 e. The monoisotopic (exact) mass is 537 g/mol. The zero-order valence-corrected chi connectivity index (χ0v) is 22.4. The molecule has 1 saturated heterocycles. The van der Waals surface area contributed by atoms with Crippen molar-refractivity contribution in [2.75, 3.05) is 16.3 Å². The minimum absolute atomic E-state index is 0.0581. The maximum absolute atomic E-state index is 13.4. The fourth-order valence-electron chi connectivity index (χ4n) is 4.67. The highest BCUT2D eigenvalue weighted by Gasteiger charge is 2.35. The van der Waals surface area contributed by atoms with Crippen molar-refractivity contribution < 1.29 is 9.59 Å². The molecular weight excluding hydrogens is 510 g/mol. The minimum atomic E-state index is -0.485. The first-order valence-electron chi connectivity index (χ1n) is 11.3. The number of nitrogens with one attached hydrogen (secondary N) is 1. The van der Waals surface area contributed by atoms with Gasteiger partial charge in [0.2, 0.25) is 0 Å². The Labute approximate surface area is 214 Å². The van der Waals surface area contributed by atoms with E-state index >= 15 is 0 Å². The molecule has 2 aliphatic rings. The molecule has 1 N–H and O–H groups in total. The lowest BCUT2D eigenvalue weighted by molar-refractivity contribution is -0.122. The number of allylic oxidation sites excluding steroid dienone is 1. The van der Waals surface area contributed by atoms with Crippen molar-refractivity contribution in [3.05, 3.63) is 69.2 Å². The van der Waals surface area contributed by atoms with Gasteiger partial charge >= 0.3 is 0 Å². The summed E-state index contributed by atoms with van der Waals surface area (Å²) in [5.74, 6) is -0.921. The van der Waals surface area contributed by atoms with Gasteiger partial charge in [0.1, 0.15) is 5.57 Å². The van der Waals surface area contributed by atoms with Crippen molar-refractivity contribution in [2.24, 2.45) is 0 Å². The van der Waals surface area contributed by atoms with Gasteiger partial charge < -0.3 is 4.90 Å². The topological polar surface area (TPSA) is 52.7 Å². The predicted molar refractivity (Wildman–Crippen MR) is 147 cm³/mol. The second-order valence-corrected chi connectivity index (χ2v) is 10.6. The molecule has 0 bridgehead atoms. The average Bonchev–Trinajstić information content (AvgIpc) is 2.75. The Balaban J connectivity index is 1.78. The molecule has 2 aliphatic heterocycles. The number of halogens is 1. The van der Waals surface area contributed by atoms with Gasteiger partial charge in [-0.2, -0.15) is 0 Å². The standard InChI is InChI=1S/C27H28BrN3O2S/c1-6-11-30-23-12-16(2)18(13-21(23)17(3)15-27(30,4)5)14-22-24(32)29-26(34)31(25(22)33)20-9-7-19(28)8-10-20/h7-10,12-15H,6,11H2,1-5H3,(H,29,32,34)/b22-14-. The number of hydrogen-bond acceptors (Lipinski definition) is 4. The Kier molecular flexibility index (Phi) is 6.53. The van der Waals surface area contributed by atoms with Crippen LogP contribution in [0.1, 0.15) is 50.8 Å². The molecule has 0 atom stereocenters. The molecule has 2 heterocycles. The summed E-state index contributed by atoms with van der Waals surface area (Å²) in [6, 6.07) is 11.5. The molecular formula is C27H28BrN3O2S. The van der Waals surface area contributed by atoms with E-state index in [0.29, 0.717) is 5.69 Å². The molecule has 2 aromatic carbocycles. The van der Waals surface area contributed by atoms with Crippen LogP contribution in [0.5, 0.6) is 0 Å². The fourth-order valence-corrected chi connectivity index (χ4v) is 5.22. The third-order valence-corrected chi connectivity index (χ3v) is 7.11. The van der Waals surface area contributed by atoms with E-state index in [4.69, 9.17) is 12.2 Å². The number of rotatable bonds is 4.